The molecule has 0 aliphatic carbocycles. The number of ether oxygens (including phenoxy) is 4. The Hall–Kier alpha value is -2.75. The Labute approximate surface area is 213 Å². The largest absolute Gasteiger partial charge is 0.496 e. The van der Waals surface area contributed by atoms with E-state index < -0.39 is 43.3 Å². The van der Waals surface area contributed by atoms with Crippen molar-refractivity contribution in [2.24, 2.45) is 0 Å². The van der Waals surface area contributed by atoms with Crippen molar-refractivity contribution in [3.05, 3.63) is 70.3 Å². The molecule has 1 aliphatic rings. The Balaban J connectivity index is 2.48. The van der Waals surface area contributed by atoms with Gasteiger partial charge >= 0.3 is 5.97 Å². The summed E-state index contributed by atoms with van der Waals surface area (Å²) in [6.07, 6.45) is 0.433. The molecule has 3 N–H and O–H groups in total. The van der Waals surface area contributed by atoms with E-state index in [1.165, 1.54) is 13.2 Å². The average Bonchev–Trinajstić information content (AvgIpc) is 2.85. The van der Waals surface area contributed by atoms with Crippen LogP contribution in [0.2, 0.25) is 0 Å². The molecule has 0 bridgehead atoms. The molecular weight excluding hydrogens is 464 g/mol. The van der Waals surface area contributed by atoms with Crippen LogP contribution < -0.4 is 4.74 Å². The molecule has 5 atom stereocenters. The molecule has 8 nitrogen and oxygen atoms in total. The maximum Gasteiger partial charge on any atom is 0.331 e. The molecule has 1 heterocycles. The summed E-state index contributed by atoms with van der Waals surface area (Å²) in [4.78, 5) is 12.9. The Morgan fingerprint density at radius 1 is 1.11 bits per heavy atom. The van der Waals surface area contributed by atoms with Crippen LogP contribution in [-0.2, 0) is 19.0 Å². The van der Waals surface area contributed by atoms with E-state index in [9.17, 15) is 20.1 Å². The van der Waals surface area contributed by atoms with Gasteiger partial charge in [-0.1, -0.05) is 30.4 Å². The number of hydrogen-bond acceptors (Lipinski definition) is 8. The van der Waals surface area contributed by atoms with Gasteiger partial charge in [0.15, 0.2) is 12.4 Å². The van der Waals surface area contributed by atoms with Crippen molar-refractivity contribution in [1.82, 2.24) is 0 Å². The van der Waals surface area contributed by atoms with Gasteiger partial charge in [-0.15, -0.1) is 0 Å². The van der Waals surface area contributed by atoms with Crippen molar-refractivity contribution >= 4 is 11.5 Å². The number of carbonyl (C=O) groups excluding carboxylic acids is 1. The van der Waals surface area contributed by atoms with Crippen LogP contribution in [0.15, 0.2) is 48.1 Å². The first-order valence-corrected chi connectivity index (χ1v) is 11.7. The fraction of sp³-hybridized carbons (Fsp3) is 0.464. The van der Waals surface area contributed by atoms with E-state index in [0.717, 1.165) is 39.1 Å². The van der Waals surface area contributed by atoms with E-state index in [1.54, 1.807) is 20.1 Å². The monoisotopic (exact) mass is 502 g/mol. The van der Waals surface area contributed by atoms with Gasteiger partial charge in [-0.3, -0.25) is 0 Å². The summed E-state index contributed by atoms with van der Waals surface area (Å²) >= 11 is 0. The Morgan fingerprint density at radius 2 is 1.78 bits per heavy atom. The molecule has 0 spiro atoms. The summed E-state index contributed by atoms with van der Waals surface area (Å²) in [5, 5.41) is 30.4. The first-order chi connectivity index (χ1) is 17.0. The van der Waals surface area contributed by atoms with Gasteiger partial charge < -0.3 is 34.3 Å². The molecule has 0 saturated carbocycles. The second-order valence-corrected chi connectivity index (χ2v) is 8.89. The summed E-state index contributed by atoms with van der Waals surface area (Å²) in [6.45, 7) is 12.9. The van der Waals surface area contributed by atoms with Crippen molar-refractivity contribution in [3.63, 3.8) is 0 Å². The Bertz CT molecular complexity index is 1050. The fourth-order valence-corrected chi connectivity index (χ4v) is 4.18. The maximum absolute atomic E-state index is 12.9. The number of aliphatic hydroxyl groups is 3. The van der Waals surface area contributed by atoms with Crippen LogP contribution >= 0.6 is 0 Å². The predicted molar refractivity (Wildman–Crippen MR) is 138 cm³/mol. The minimum Gasteiger partial charge on any atom is -0.496 e. The molecule has 1 saturated heterocycles. The van der Waals surface area contributed by atoms with Gasteiger partial charge in [0.05, 0.1) is 13.7 Å². The van der Waals surface area contributed by atoms with E-state index in [-0.39, 0.29) is 0 Å². The Morgan fingerprint density at radius 3 is 2.33 bits per heavy atom. The SMILES string of the molecule is C=CC(C)=CC=C(C(C)=CC(=O)O[C@H]1[C@H](O)[C@@H](O)[C@@H](OC)O[C@@H]1CO)c1c(C)cc(OC)c(C)c1C. The molecule has 36 heavy (non-hydrogen) atoms. The van der Waals surface area contributed by atoms with Crippen LogP contribution in [0.5, 0.6) is 5.75 Å². The highest BCUT2D eigenvalue weighted by molar-refractivity contribution is 5.92. The van der Waals surface area contributed by atoms with E-state index in [1.807, 2.05) is 45.9 Å². The number of esters is 1. The Kier molecular flexibility index (Phi) is 10.6. The third-order valence-electron chi connectivity index (χ3n) is 6.44. The number of hydrogen-bond donors (Lipinski definition) is 3. The molecule has 0 radical (unpaired) electrons. The van der Waals surface area contributed by atoms with Crippen molar-refractivity contribution in [1.29, 1.82) is 0 Å². The minimum atomic E-state index is -1.50. The minimum absolute atomic E-state index is 0.537. The highest BCUT2D eigenvalue weighted by Crippen LogP contribution is 2.35. The van der Waals surface area contributed by atoms with Gasteiger partial charge in [-0.2, -0.15) is 0 Å². The molecule has 198 valence electrons. The molecule has 8 heteroatoms. The summed E-state index contributed by atoms with van der Waals surface area (Å²) in [5.41, 5.74) is 6.28. The lowest BCUT2D eigenvalue weighted by molar-refractivity contribution is -0.296. The number of allylic oxidation sites excluding steroid dienone is 6. The van der Waals surface area contributed by atoms with Crippen molar-refractivity contribution in [3.8, 4) is 5.75 Å². The number of methoxy groups -OCH3 is 2. The molecule has 2 rings (SSSR count). The van der Waals surface area contributed by atoms with Crippen LogP contribution in [0, 0.1) is 20.8 Å². The first-order valence-electron chi connectivity index (χ1n) is 11.7. The topological polar surface area (TPSA) is 115 Å². The highest BCUT2D eigenvalue weighted by atomic mass is 16.7. The second kappa shape index (κ2) is 13.0. The average molecular weight is 503 g/mol. The number of benzene rings is 1. The van der Waals surface area contributed by atoms with Gasteiger partial charge in [0.25, 0.3) is 0 Å². The number of rotatable bonds is 9. The fourth-order valence-electron chi connectivity index (χ4n) is 4.18. The normalized spacial score (nSPS) is 25.5. The molecule has 0 aromatic heterocycles. The zero-order valence-electron chi connectivity index (χ0n) is 22.1. The lowest BCUT2D eigenvalue weighted by Crippen LogP contribution is -2.60. The molecule has 0 unspecified atom stereocenters. The van der Waals surface area contributed by atoms with Crippen molar-refractivity contribution < 1.29 is 39.1 Å². The number of aliphatic hydroxyl groups excluding tert-OH is 3. The van der Waals surface area contributed by atoms with Gasteiger partial charge in [0, 0.05) is 13.2 Å². The first kappa shape index (κ1) is 29.5. The van der Waals surface area contributed by atoms with Gasteiger partial charge in [0.1, 0.15) is 24.1 Å². The van der Waals surface area contributed by atoms with Crippen molar-refractivity contribution in [2.45, 2.75) is 65.3 Å². The lowest BCUT2D eigenvalue weighted by atomic mass is 9.88. The standard InChI is InChI=1S/C28H38O8/c1-9-15(2)10-11-20(24-17(4)12-21(33-7)18(5)19(24)6)16(3)13-23(30)36-27-22(14-29)35-28(34-8)26(32)25(27)31/h9-13,22,25-29,31-32H,1,14H2,2-8H3/t22-,25-,26-,27-,28+/m1/s1. The van der Waals surface area contributed by atoms with Crippen molar-refractivity contribution in [2.75, 3.05) is 20.8 Å². The molecule has 1 aromatic carbocycles. The predicted octanol–water partition coefficient (Wildman–Crippen LogP) is 3.08. The van der Waals surface area contributed by atoms with Gasteiger partial charge in [0.2, 0.25) is 0 Å². The quantitative estimate of drug-likeness (QED) is 0.268. The summed E-state index contributed by atoms with van der Waals surface area (Å²) in [6, 6.07) is 1.95. The zero-order chi connectivity index (χ0) is 27.2. The molecular formula is C28H38O8. The van der Waals surface area contributed by atoms with Gasteiger partial charge in [-0.05, 0) is 74.1 Å². The van der Waals surface area contributed by atoms with E-state index >= 15 is 0 Å². The maximum atomic E-state index is 12.9. The summed E-state index contributed by atoms with van der Waals surface area (Å²) < 4.78 is 21.4. The molecule has 0 amide bonds. The second-order valence-electron chi connectivity index (χ2n) is 8.89. The lowest BCUT2D eigenvalue weighted by Gasteiger charge is -2.40. The molecule has 1 fully saturated rings. The number of aryl methyl sites for hydroxylation is 1. The van der Waals surface area contributed by atoms with Crippen LogP contribution in [0.25, 0.3) is 5.57 Å². The third kappa shape index (κ3) is 6.52. The van der Waals surface area contributed by atoms with E-state index in [0.29, 0.717) is 5.57 Å². The van der Waals surface area contributed by atoms with Gasteiger partial charge in [-0.25, -0.2) is 4.79 Å². The van der Waals surface area contributed by atoms with E-state index in [4.69, 9.17) is 18.9 Å². The number of carbonyl (C=O) groups is 1. The van der Waals surface area contributed by atoms with Crippen LogP contribution in [-0.4, -0.2) is 72.8 Å². The van der Waals surface area contributed by atoms with Crippen LogP contribution in [0.3, 0.4) is 0 Å². The van der Waals surface area contributed by atoms with Crippen LogP contribution in [0.4, 0.5) is 0 Å². The third-order valence-corrected chi connectivity index (χ3v) is 6.44. The summed E-state index contributed by atoms with van der Waals surface area (Å²) in [7, 11) is 2.93. The summed E-state index contributed by atoms with van der Waals surface area (Å²) in [5.74, 6) is 0.0266. The smallest absolute Gasteiger partial charge is 0.331 e. The highest BCUT2D eigenvalue weighted by Gasteiger charge is 2.46. The van der Waals surface area contributed by atoms with E-state index in [2.05, 4.69) is 6.58 Å². The molecule has 1 aromatic rings. The molecule has 1 aliphatic heterocycles. The van der Waals surface area contributed by atoms with Crippen LogP contribution in [0.1, 0.15) is 36.1 Å². The zero-order valence-corrected chi connectivity index (χ0v) is 22.1.